The fourth-order valence-electron chi connectivity index (χ4n) is 2.96. The number of thioether (sulfide) groups is 1. The van der Waals surface area contributed by atoms with Crippen molar-refractivity contribution in [3.63, 3.8) is 0 Å². The van der Waals surface area contributed by atoms with Gasteiger partial charge in [0.25, 0.3) is 5.91 Å². The molecule has 1 saturated heterocycles. The Kier molecular flexibility index (Phi) is 6.16. The van der Waals surface area contributed by atoms with E-state index in [-0.39, 0.29) is 11.5 Å². The Labute approximate surface area is 173 Å². The van der Waals surface area contributed by atoms with Crippen LogP contribution in [0.2, 0.25) is 0 Å². The van der Waals surface area contributed by atoms with Crippen molar-refractivity contribution in [2.24, 2.45) is 0 Å². The molecule has 1 fully saturated rings. The van der Waals surface area contributed by atoms with Crippen LogP contribution in [0, 0.1) is 0 Å². The van der Waals surface area contributed by atoms with Crippen molar-refractivity contribution in [3.8, 4) is 0 Å². The Hall–Kier alpha value is -2.64. The SMILES string of the molecule is CCN(CC)c1ccc(N2C(=O)/C(=C\c3ccc(C(=O)O)cc3)SC2=S)cc1. The summed E-state index contributed by atoms with van der Waals surface area (Å²) in [5.74, 6) is -1.15. The number of hydrogen-bond donors (Lipinski definition) is 1. The Morgan fingerprint density at radius 3 is 2.25 bits per heavy atom. The fraction of sp³-hybridized carbons (Fsp3) is 0.190. The molecule has 0 aromatic heterocycles. The van der Waals surface area contributed by atoms with Gasteiger partial charge in [-0.2, -0.15) is 0 Å². The average molecular weight is 413 g/mol. The molecule has 5 nitrogen and oxygen atoms in total. The lowest BCUT2D eigenvalue weighted by molar-refractivity contribution is -0.113. The van der Waals surface area contributed by atoms with E-state index < -0.39 is 5.97 Å². The zero-order valence-corrected chi connectivity index (χ0v) is 17.2. The second kappa shape index (κ2) is 8.58. The van der Waals surface area contributed by atoms with Crippen LogP contribution in [0.4, 0.5) is 11.4 Å². The van der Waals surface area contributed by atoms with Gasteiger partial charge < -0.3 is 10.0 Å². The molecule has 0 unspecified atom stereocenters. The summed E-state index contributed by atoms with van der Waals surface area (Å²) in [5.41, 5.74) is 2.80. The van der Waals surface area contributed by atoms with Gasteiger partial charge in [0.05, 0.1) is 16.2 Å². The maximum atomic E-state index is 12.9. The molecule has 0 saturated carbocycles. The summed E-state index contributed by atoms with van der Waals surface area (Å²) in [6.45, 7) is 6.04. The van der Waals surface area contributed by atoms with Crippen molar-refractivity contribution < 1.29 is 14.7 Å². The number of hydrogen-bond acceptors (Lipinski definition) is 5. The maximum Gasteiger partial charge on any atom is 0.335 e. The first-order valence-corrected chi connectivity index (χ1v) is 10.1. The fourth-order valence-corrected chi connectivity index (χ4v) is 4.26. The average Bonchev–Trinajstić information content (AvgIpc) is 2.97. The Morgan fingerprint density at radius 1 is 1.11 bits per heavy atom. The first-order valence-electron chi connectivity index (χ1n) is 8.91. The van der Waals surface area contributed by atoms with Gasteiger partial charge in [-0.05, 0) is 61.9 Å². The summed E-state index contributed by atoms with van der Waals surface area (Å²) in [5, 5.41) is 8.98. The lowest BCUT2D eigenvalue weighted by Gasteiger charge is -2.22. The molecule has 1 N–H and O–H groups in total. The predicted molar refractivity (Wildman–Crippen MR) is 119 cm³/mol. The number of rotatable bonds is 6. The van der Waals surface area contributed by atoms with Gasteiger partial charge in [-0.15, -0.1) is 0 Å². The summed E-state index contributed by atoms with van der Waals surface area (Å²) in [7, 11) is 0. The van der Waals surface area contributed by atoms with Crippen LogP contribution in [0.5, 0.6) is 0 Å². The van der Waals surface area contributed by atoms with E-state index in [0.29, 0.717) is 9.23 Å². The molecule has 1 amide bonds. The highest BCUT2D eigenvalue weighted by molar-refractivity contribution is 8.27. The number of carbonyl (C=O) groups excluding carboxylic acids is 1. The molecular formula is C21H20N2O3S2. The predicted octanol–water partition coefficient (Wildman–Crippen LogP) is 4.64. The lowest BCUT2D eigenvalue weighted by atomic mass is 10.1. The van der Waals surface area contributed by atoms with Crippen LogP contribution < -0.4 is 9.80 Å². The molecule has 1 aliphatic heterocycles. The van der Waals surface area contributed by atoms with E-state index in [4.69, 9.17) is 17.3 Å². The molecule has 0 radical (unpaired) electrons. The molecule has 2 aromatic carbocycles. The van der Waals surface area contributed by atoms with Crippen LogP contribution in [0.3, 0.4) is 0 Å². The van der Waals surface area contributed by atoms with Crippen molar-refractivity contribution in [1.82, 2.24) is 0 Å². The third-order valence-electron chi connectivity index (χ3n) is 4.49. The molecule has 7 heteroatoms. The minimum Gasteiger partial charge on any atom is -0.478 e. The van der Waals surface area contributed by atoms with Crippen molar-refractivity contribution in [2.45, 2.75) is 13.8 Å². The number of carboxylic acids is 1. The van der Waals surface area contributed by atoms with Gasteiger partial charge in [-0.1, -0.05) is 36.1 Å². The third kappa shape index (κ3) is 4.10. The van der Waals surface area contributed by atoms with E-state index in [1.165, 1.54) is 28.8 Å². The number of carbonyl (C=O) groups is 2. The minimum atomic E-state index is -0.981. The number of aromatic carboxylic acids is 1. The van der Waals surface area contributed by atoms with Crippen LogP contribution in [-0.2, 0) is 4.79 Å². The van der Waals surface area contributed by atoms with E-state index in [1.54, 1.807) is 18.2 Å². The van der Waals surface area contributed by atoms with Crippen LogP contribution >= 0.6 is 24.0 Å². The number of nitrogens with zero attached hydrogens (tertiary/aromatic N) is 2. The van der Waals surface area contributed by atoms with E-state index in [0.717, 1.165) is 30.0 Å². The van der Waals surface area contributed by atoms with Crippen LogP contribution in [0.15, 0.2) is 53.4 Å². The van der Waals surface area contributed by atoms with Gasteiger partial charge in [0.1, 0.15) is 0 Å². The first kappa shape index (κ1) is 20.1. The van der Waals surface area contributed by atoms with Crippen LogP contribution in [0.25, 0.3) is 6.08 Å². The van der Waals surface area contributed by atoms with E-state index in [2.05, 4.69) is 18.7 Å². The number of anilines is 2. The summed E-state index contributed by atoms with van der Waals surface area (Å²) >= 11 is 6.66. The lowest BCUT2D eigenvalue weighted by Crippen LogP contribution is -2.27. The highest BCUT2D eigenvalue weighted by Gasteiger charge is 2.33. The third-order valence-corrected chi connectivity index (χ3v) is 5.79. The van der Waals surface area contributed by atoms with Crippen molar-refractivity contribution in [1.29, 1.82) is 0 Å². The number of carboxylic acid groups (broad SMARTS) is 1. The Bertz CT molecular complexity index is 933. The van der Waals surface area contributed by atoms with Crippen LogP contribution in [0.1, 0.15) is 29.8 Å². The normalized spacial score (nSPS) is 15.4. The van der Waals surface area contributed by atoms with Crippen molar-refractivity contribution in [3.05, 3.63) is 64.6 Å². The molecule has 0 spiro atoms. The topological polar surface area (TPSA) is 60.9 Å². The second-order valence-corrected chi connectivity index (χ2v) is 7.81. The highest BCUT2D eigenvalue weighted by Crippen LogP contribution is 2.36. The van der Waals surface area contributed by atoms with Gasteiger partial charge in [-0.3, -0.25) is 9.69 Å². The Balaban J connectivity index is 1.82. The molecule has 1 aliphatic rings. The van der Waals surface area contributed by atoms with Gasteiger partial charge in [0, 0.05) is 18.8 Å². The summed E-state index contributed by atoms with van der Waals surface area (Å²) < 4.78 is 0.481. The first-order chi connectivity index (χ1) is 13.4. The summed E-state index contributed by atoms with van der Waals surface area (Å²) in [6, 6.07) is 14.2. The summed E-state index contributed by atoms with van der Waals surface area (Å²) in [4.78, 5) is 28.1. The molecule has 3 rings (SSSR count). The van der Waals surface area contributed by atoms with Gasteiger partial charge >= 0.3 is 5.97 Å². The molecule has 0 aliphatic carbocycles. The Morgan fingerprint density at radius 2 is 1.71 bits per heavy atom. The number of thiocarbonyl (C=S) groups is 1. The number of amides is 1. The minimum absolute atomic E-state index is 0.173. The molecule has 0 bridgehead atoms. The number of benzene rings is 2. The molecular weight excluding hydrogens is 392 g/mol. The van der Waals surface area contributed by atoms with E-state index >= 15 is 0 Å². The maximum absolute atomic E-state index is 12.9. The monoisotopic (exact) mass is 412 g/mol. The molecule has 144 valence electrons. The van der Waals surface area contributed by atoms with Crippen molar-refractivity contribution in [2.75, 3.05) is 22.9 Å². The van der Waals surface area contributed by atoms with Gasteiger partial charge in [0.2, 0.25) is 0 Å². The second-order valence-electron chi connectivity index (χ2n) is 6.13. The molecule has 1 heterocycles. The standard InChI is InChI=1S/C21H20N2O3S2/c1-3-22(4-2)16-9-11-17(12-10-16)23-19(24)18(28-21(23)27)13-14-5-7-15(8-6-14)20(25)26/h5-13H,3-4H2,1-2H3,(H,25,26)/b18-13+. The van der Waals surface area contributed by atoms with Crippen LogP contribution in [-0.4, -0.2) is 34.4 Å². The zero-order valence-electron chi connectivity index (χ0n) is 15.6. The molecule has 28 heavy (non-hydrogen) atoms. The van der Waals surface area contributed by atoms with E-state index in [9.17, 15) is 9.59 Å². The largest absolute Gasteiger partial charge is 0.478 e. The highest BCUT2D eigenvalue weighted by atomic mass is 32.2. The molecule has 2 aromatic rings. The van der Waals surface area contributed by atoms with Gasteiger partial charge in [-0.25, -0.2) is 4.79 Å². The zero-order chi connectivity index (χ0) is 20.3. The quantitative estimate of drug-likeness (QED) is 0.551. The summed E-state index contributed by atoms with van der Waals surface area (Å²) in [6.07, 6.45) is 1.73. The smallest absolute Gasteiger partial charge is 0.335 e. The van der Waals surface area contributed by atoms with E-state index in [1.807, 2.05) is 24.3 Å². The van der Waals surface area contributed by atoms with Gasteiger partial charge in [0.15, 0.2) is 4.32 Å². The van der Waals surface area contributed by atoms with Crippen molar-refractivity contribution >= 4 is 57.6 Å². The molecule has 0 atom stereocenters.